The van der Waals surface area contributed by atoms with Crippen molar-refractivity contribution in [1.29, 1.82) is 0 Å². The second-order valence-corrected chi connectivity index (χ2v) is 15.3. The van der Waals surface area contributed by atoms with Gasteiger partial charge in [0.25, 0.3) is 0 Å². The van der Waals surface area contributed by atoms with Gasteiger partial charge in [0, 0.05) is 79.7 Å². The van der Waals surface area contributed by atoms with Crippen LogP contribution in [0.4, 0.5) is 22.7 Å². The van der Waals surface area contributed by atoms with E-state index in [0.29, 0.717) is 34.9 Å². The zero-order valence-electron chi connectivity index (χ0n) is 33.4. The average molecular weight is 812 g/mol. The van der Waals surface area contributed by atoms with Crippen molar-refractivity contribution < 1.29 is 4.79 Å². The number of amides is 1. The Labute approximate surface area is 356 Å². The molecule has 12 nitrogen and oxygen atoms in total. The summed E-state index contributed by atoms with van der Waals surface area (Å²) in [5, 5.41) is 2.96. The Morgan fingerprint density at radius 2 is 0.871 bits per heavy atom. The van der Waals surface area contributed by atoms with Gasteiger partial charge in [-0.15, -0.1) is 0 Å². The topological polar surface area (TPSA) is 219 Å². The van der Waals surface area contributed by atoms with Crippen LogP contribution in [-0.4, -0.2) is 41.9 Å². The molecular formula is C50H41N11O. The van der Waals surface area contributed by atoms with Crippen LogP contribution in [0.5, 0.6) is 0 Å². The fourth-order valence-corrected chi connectivity index (χ4v) is 8.05. The molecule has 0 unspecified atom stereocenters. The molecule has 12 N–H and O–H groups in total. The SMILES string of the molecule is Nc1ccc(-c2c3nc(c(-c4ccc(N)cc4)c4ccc([nH]4)c(-c4ccc(NC(=O)[C@@H](N)Cc5c[nH]cn5)cc4)c4nc(c(-c5ccc(N)cc5)c5ccc2[nH]5)C=C4)C=C3)cc1. The van der Waals surface area contributed by atoms with Gasteiger partial charge in [-0.3, -0.25) is 4.79 Å². The molecule has 8 bridgehead atoms. The number of nitrogens with one attached hydrogen (secondary N) is 4. The highest BCUT2D eigenvalue weighted by molar-refractivity contribution is 6.00. The predicted molar refractivity (Wildman–Crippen MR) is 253 cm³/mol. The van der Waals surface area contributed by atoms with E-state index in [1.165, 1.54) is 0 Å². The highest BCUT2D eigenvalue weighted by Gasteiger charge is 2.20. The maximum Gasteiger partial charge on any atom is 0.241 e. The van der Waals surface area contributed by atoms with Crippen LogP contribution in [-0.2, 0) is 11.2 Å². The molecule has 302 valence electrons. The first-order chi connectivity index (χ1) is 30.2. The number of anilines is 4. The summed E-state index contributed by atoms with van der Waals surface area (Å²) in [4.78, 5) is 38.4. The molecule has 1 atom stereocenters. The van der Waals surface area contributed by atoms with Crippen molar-refractivity contribution in [3.8, 4) is 44.5 Å². The summed E-state index contributed by atoms with van der Waals surface area (Å²) in [5.41, 5.74) is 41.9. The van der Waals surface area contributed by atoms with Gasteiger partial charge in [-0.1, -0.05) is 48.5 Å². The van der Waals surface area contributed by atoms with Crippen LogP contribution in [0.25, 0.3) is 90.9 Å². The second-order valence-electron chi connectivity index (χ2n) is 15.3. The summed E-state index contributed by atoms with van der Waals surface area (Å²) in [6.07, 6.45) is 11.8. The van der Waals surface area contributed by atoms with E-state index in [-0.39, 0.29) is 5.91 Å². The monoisotopic (exact) mass is 811 g/mol. The van der Waals surface area contributed by atoms with Crippen LogP contribution >= 0.6 is 0 Å². The number of fused-ring (bicyclic) bond motifs is 8. The van der Waals surface area contributed by atoms with Gasteiger partial charge in [0.15, 0.2) is 0 Å². The number of aromatic amines is 3. The Bertz CT molecular complexity index is 3170. The quantitative estimate of drug-likeness (QED) is 0.0690. The number of aromatic nitrogens is 6. The Morgan fingerprint density at radius 3 is 1.21 bits per heavy atom. The molecule has 0 fully saturated rings. The Hall–Kier alpha value is -8.48. The Kier molecular flexibility index (Phi) is 9.51. The minimum atomic E-state index is -0.770. The van der Waals surface area contributed by atoms with Crippen LogP contribution in [0.2, 0.25) is 0 Å². The predicted octanol–water partition coefficient (Wildman–Crippen LogP) is 9.30. The lowest BCUT2D eigenvalue weighted by Crippen LogP contribution is -2.37. The number of hydrogen-bond acceptors (Lipinski definition) is 8. The van der Waals surface area contributed by atoms with E-state index in [9.17, 15) is 4.79 Å². The van der Waals surface area contributed by atoms with Crippen molar-refractivity contribution in [3.05, 3.63) is 162 Å². The molecule has 4 aromatic carbocycles. The average Bonchev–Trinajstić information content (AvgIpc) is 4.15. The highest BCUT2D eigenvalue weighted by Crippen LogP contribution is 2.39. The number of rotatable bonds is 8. The minimum Gasteiger partial charge on any atom is -0.399 e. The second kappa shape index (κ2) is 15.6. The largest absolute Gasteiger partial charge is 0.399 e. The number of benzene rings is 4. The molecule has 0 aliphatic carbocycles. The van der Waals surface area contributed by atoms with Gasteiger partial charge in [-0.2, -0.15) is 0 Å². The van der Waals surface area contributed by atoms with E-state index in [4.69, 9.17) is 32.9 Å². The van der Waals surface area contributed by atoms with E-state index < -0.39 is 6.04 Å². The maximum atomic E-state index is 13.1. The van der Waals surface area contributed by atoms with Gasteiger partial charge in [0.1, 0.15) is 0 Å². The number of H-pyrrole nitrogens is 3. The lowest BCUT2D eigenvalue weighted by atomic mass is 10.0. The van der Waals surface area contributed by atoms with E-state index >= 15 is 0 Å². The molecule has 8 aromatic rings. The summed E-state index contributed by atoms with van der Waals surface area (Å²) in [5.74, 6) is -0.305. The molecule has 0 saturated heterocycles. The van der Waals surface area contributed by atoms with E-state index in [1.54, 1.807) is 12.5 Å². The number of nitrogens with zero attached hydrogens (tertiary/aromatic N) is 3. The minimum absolute atomic E-state index is 0.305. The molecule has 1 amide bonds. The van der Waals surface area contributed by atoms with Crippen molar-refractivity contribution in [1.82, 2.24) is 29.9 Å². The molecule has 4 aromatic heterocycles. The van der Waals surface area contributed by atoms with Crippen LogP contribution in [0.15, 0.2) is 134 Å². The number of nitrogens with two attached hydrogens (primary N) is 4. The Morgan fingerprint density at radius 1 is 0.516 bits per heavy atom. The van der Waals surface area contributed by atoms with Gasteiger partial charge in [-0.05, 0) is 119 Å². The first kappa shape index (κ1) is 37.8. The highest BCUT2D eigenvalue weighted by atomic mass is 16.2. The van der Waals surface area contributed by atoms with Gasteiger partial charge in [-0.25, -0.2) is 15.0 Å². The molecule has 2 aliphatic rings. The summed E-state index contributed by atoms with van der Waals surface area (Å²) in [6.45, 7) is 0. The Balaban J connectivity index is 1.23. The van der Waals surface area contributed by atoms with Crippen LogP contribution in [0.1, 0.15) is 28.5 Å². The molecule has 0 saturated carbocycles. The molecule has 0 spiro atoms. The smallest absolute Gasteiger partial charge is 0.241 e. The van der Waals surface area contributed by atoms with Crippen molar-refractivity contribution >= 4 is 75.0 Å². The molecule has 2 aliphatic heterocycles. The third-order valence-electron chi connectivity index (χ3n) is 11.1. The van der Waals surface area contributed by atoms with Crippen LogP contribution < -0.4 is 28.3 Å². The van der Waals surface area contributed by atoms with Gasteiger partial charge in [0.05, 0.1) is 40.8 Å². The fraction of sp³-hybridized carbons (Fsp3) is 0.0400. The fourth-order valence-electron chi connectivity index (χ4n) is 8.05. The van der Waals surface area contributed by atoms with Crippen molar-refractivity contribution in [2.75, 3.05) is 22.5 Å². The summed E-state index contributed by atoms with van der Waals surface area (Å²) < 4.78 is 0. The summed E-state index contributed by atoms with van der Waals surface area (Å²) in [6, 6.07) is 38.7. The summed E-state index contributed by atoms with van der Waals surface area (Å²) in [7, 11) is 0. The number of hydrogen-bond donors (Lipinski definition) is 8. The first-order valence-corrected chi connectivity index (χ1v) is 20.1. The lowest BCUT2D eigenvalue weighted by molar-refractivity contribution is -0.117. The normalized spacial score (nSPS) is 12.4. The zero-order chi connectivity index (χ0) is 42.3. The first-order valence-electron chi connectivity index (χ1n) is 20.1. The number of imidazole rings is 1. The summed E-state index contributed by atoms with van der Waals surface area (Å²) >= 11 is 0. The van der Waals surface area contributed by atoms with E-state index in [2.05, 4.69) is 61.7 Å². The number of carbonyl (C=O) groups excluding carboxylic acids is 1. The van der Waals surface area contributed by atoms with E-state index in [1.807, 2.05) is 109 Å². The molecule has 12 heteroatoms. The third-order valence-corrected chi connectivity index (χ3v) is 11.1. The number of carbonyl (C=O) groups is 1. The van der Waals surface area contributed by atoms with Crippen molar-refractivity contribution in [2.45, 2.75) is 12.5 Å². The molecule has 6 heterocycles. The van der Waals surface area contributed by atoms with Crippen molar-refractivity contribution in [3.63, 3.8) is 0 Å². The van der Waals surface area contributed by atoms with Crippen molar-refractivity contribution in [2.24, 2.45) is 5.73 Å². The molecule has 0 radical (unpaired) electrons. The molecule has 62 heavy (non-hydrogen) atoms. The molecular weight excluding hydrogens is 771 g/mol. The zero-order valence-corrected chi connectivity index (χ0v) is 33.4. The third kappa shape index (κ3) is 7.27. The van der Waals surface area contributed by atoms with Gasteiger partial charge >= 0.3 is 0 Å². The van der Waals surface area contributed by atoms with Gasteiger partial charge < -0.3 is 43.2 Å². The van der Waals surface area contributed by atoms with Crippen LogP contribution in [0.3, 0.4) is 0 Å². The van der Waals surface area contributed by atoms with Crippen LogP contribution in [0, 0.1) is 0 Å². The van der Waals surface area contributed by atoms with Gasteiger partial charge in [0.2, 0.25) is 5.91 Å². The standard InChI is InChI=1S/C50H41N11O/c51-32-9-1-28(2-10-32)46-38-17-19-40(58-38)47(29-3-11-33(52)12-4-29)42-21-23-44(60-42)49(31-7-15-35(16-8-31)57-50(62)37(54)25-36-26-55-27-56-36)45-24-22-43(61-45)48(41-20-18-39(46)59-41)30-5-13-34(53)14-6-30/h1-24,26-27,37,58,61H,25,51-54H2,(H,55,56)(H,57,62)/t37-/m0/s1. The lowest BCUT2D eigenvalue weighted by Gasteiger charge is -2.12. The maximum absolute atomic E-state index is 13.1. The molecule has 10 rings (SSSR count). The number of nitrogen functional groups attached to an aromatic ring is 3. The van der Waals surface area contributed by atoms with E-state index in [0.717, 1.165) is 89.4 Å².